The van der Waals surface area contributed by atoms with Gasteiger partial charge in [-0.15, -0.1) is 0 Å². The Morgan fingerprint density at radius 2 is 1.91 bits per heavy atom. The molecule has 4 nitrogen and oxygen atoms in total. The molecule has 0 aromatic heterocycles. The largest absolute Gasteiger partial charge is 0.385 e. The summed E-state index contributed by atoms with van der Waals surface area (Å²) in [4.78, 5) is 10.8. The Labute approximate surface area is 134 Å². The van der Waals surface area contributed by atoms with Gasteiger partial charge in [0.25, 0.3) is 0 Å². The Kier molecular flexibility index (Phi) is 4.29. The first-order chi connectivity index (χ1) is 10.6. The quantitative estimate of drug-likeness (QED) is 0.682. The topological polar surface area (TPSA) is 55.2 Å². The fraction of sp³-hybridized carbons (Fsp3) is 0.294. The number of nitrogens with one attached hydrogen (secondary N) is 1. The van der Waals surface area contributed by atoms with Crippen molar-refractivity contribution < 1.29 is 4.92 Å². The van der Waals surface area contributed by atoms with Crippen molar-refractivity contribution in [3.8, 4) is 0 Å². The van der Waals surface area contributed by atoms with Crippen LogP contribution in [0.4, 0.5) is 5.69 Å². The summed E-state index contributed by atoms with van der Waals surface area (Å²) < 4.78 is 0. The van der Waals surface area contributed by atoms with Gasteiger partial charge >= 0.3 is 0 Å². The molecule has 1 heterocycles. The average molecular weight is 317 g/mol. The van der Waals surface area contributed by atoms with Gasteiger partial charge in [-0.3, -0.25) is 10.1 Å². The third-order valence-corrected chi connectivity index (χ3v) is 4.33. The highest BCUT2D eigenvalue weighted by Crippen LogP contribution is 2.31. The Hall–Kier alpha value is -2.07. The fourth-order valence-electron chi connectivity index (χ4n) is 2.96. The number of aryl methyl sites for hydroxylation is 1. The van der Waals surface area contributed by atoms with Gasteiger partial charge < -0.3 is 5.32 Å². The third-order valence-electron chi connectivity index (χ3n) is 4.07. The summed E-state index contributed by atoms with van der Waals surface area (Å²) >= 11 is 5.92. The molecule has 0 saturated carbocycles. The summed E-state index contributed by atoms with van der Waals surface area (Å²) in [6, 6.07) is 13.4. The molecular formula is C17H17ClN2O2. The molecule has 0 aliphatic carbocycles. The van der Waals surface area contributed by atoms with E-state index < -0.39 is 0 Å². The van der Waals surface area contributed by atoms with Crippen LogP contribution in [0.25, 0.3) is 0 Å². The van der Waals surface area contributed by atoms with E-state index >= 15 is 0 Å². The molecule has 1 aliphatic heterocycles. The van der Waals surface area contributed by atoms with Crippen molar-refractivity contribution in [2.45, 2.75) is 18.8 Å². The predicted octanol–water partition coefficient (Wildman–Crippen LogP) is 4.11. The number of nitro groups is 1. The maximum absolute atomic E-state index is 11.1. The number of fused-ring (bicyclic) bond motifs is 1. The van der Waals surface area contributed by atoms with Gasteiger partial charge in [-0.2, -0.15) is 0 Å². The van der Waals surface area contributed by atoms with Crippen LogP contribution in [0.5, 0.6) is 0 Å². The van der Waals surface area contributed by atoms with E-state index in [0.717, 1.165) is 36.2 Å². The number of benzene rings is 2. The molecule has 1 aliphatic rings. The van der Waals surface area contributed by atoms with Gasteiger partial charge in [0.2, 0.25) is 6.54 Å². The van der Waals surface area contributed by atoms with Crippen LogP contribution in [0.3, 0.4) is 0 Å². The van der Waals surface area contributed by atoms with Crippen LogP contribution in [0.2, 0.25) is 5.02 Å². The second kappa shape index (κ2) is 6.36. The van der Waals surface area contributed by atoms with Gasteiger partial charge in [0.15, 0.2) is 0 Å². The zero-order chi connectivity index (χ0) is 15.5. The number of anilines is 1. The smallest absolute Gasteiger partial charge is 0.214 e. The Balaban J connectivity index is 1.98. The zero-order valence-corrected chi connectivity index (χ0v) is 12.8. The van der Waals surface area contributed by atoms with E-state index in [1.807, 2.05) is 24.3 Å². The lowest BCUT2D eigenvalue weighted by Crippen LogP contribution is -2.16. The molecule has 0 bridgehead atoms. The monoisotopic (exact) mass is 316 g/mol. The molecule has 0 radical (unpaired) electrons. The molecule has 0 fully saturated rings. The SMILES string of the molecule is O=[N+]([O-])C[C@@H](c1ccc(Cl)cc1)c1ccc2c(c1)CCCN2. The molecule has 114 valence electrons. The van der Waals surface area contributed by atoms with E-state index in [-0.39, 0.29) is 17.4 Å². The van der Waals surface area contributed by atoms with Gasteiger partial charge in [0.05, 0.1) is 5.92 Å². The standard InChI is InChI=1S/C17H17ClN2O2/c18-15-6-3-12(4-7-15)16(11-20(21)22)13-5-8-17-14(10-13)2-1-9-19-17/h3-8,10,16,19H,1-2,9,11H2/t16-/m0/s1. The highest BCUT2D eigenvalue weighted by Gasteiger charge is 2.21. The highest BCUT2D eigenvalue weighted by atomic mass is 35.5. The van der Waals surface area contributed by atoms with Crippen LogP contribution in [-0.2, 0) is 6.42 Å². The Bertz CT molecular complexity index is 686. The summed E-state index contributed by atoms with van der Waals surface area (Å²) in [5.41, 5.74) is 4.29. The van der Waals surface area contributed by atoms with Crippen molar-refractivity contribution in [1.82, 2.24) is 0 Å². The number of hydrogen-bond acceptors (Lipinski definition) is 3. The van der Waals surface area contributed by atoms with Crippen LogP contribution >= 0.6 is 11.6 Å². The van der Waals surface area contributed by atoms with E-state index in [4.69, 9.17) is 11.6 Å². The van der Waals surface area contributed by atoms with Crippen LogP contribution in [0, 0.1) is 10.1 Å². The fourth-order valence-corrected chi connectivity index (χ4v) is 3.08. The molecule has 2 aromatic rings. The van der Waals surface area contributed by atoms with Crippen LogP contribution < -0.4 is 5.32 Å². The molecule has 22 heavy (non-hydrogen) atoms. The van der Waals surface area contributed by atoms with E-state index in [2.05, 4.69) is 11.4 Å². The first-order valence-corrected chi connectivity index (χ1v) is 7.75. The first kappa shape index (κ1) is 14.9. The van der Waals surface area contributed by atoms with E-state index in [9.17, 15) is 10.1 Å². The lowest BCUT2D eigenvalue weighted by atomic mass is 9.88. The minimum Gasteiger partial charge on any atom is -0.385 e. The molecule has 3 rings (SSSR count). The summed E-state index contributed by atoms with van der Waals surface area (Å²) in [5, 5.41) is 15.1. The van der Waals surface area contributed by atoms with E-state index in [1.165, 1.54) is 5.56 Å². The van der Waals surface area contributed by atoms with Crippen molar-refractivity contribution in [3.63, 3.8) is 0 Å². The third kappa shape index (κ3) is 3.22. The van der Waals surface area contributed by atoms with Gasteiger partial charge in [-0.05, 0) is 47.7 Å². The van der Waals surface area contributed by atoms with Crippen LogP contribution in [0.1, 0.15) is 29.0 Å². The molecule has 5 heteroatoms. The normalized spacial score (nSPS) is 14.8. The first-order valence-electron chi connectivity index (χ1n) is 7.37. The molecule has 0 spiro atoms. The molecule has 1 N–H and O–H groups in total. The average Bonchev–Trinajstić information content (AvgIpc) is 2.53. The predicted molar refractivity (Wildman–Crippen MR) is 88.4 cm³/mol. The summed E-state index contributed by atoms with van der Waals surface area (Å²) in [6.07, 6.45) is 2.11. The van der Waals surface area contributed by atoms with E-state index in [0.29, 0.717) is 5.02 Å². The number of hydrogen-bond donors (Lipinski definition) is 1. The van der Waals surface area contributed by atoms with Gasteiger partial charge in [0.1, 0.15) is 0 Å². The van der Waals surface area contributed by atoms with Gasteiger partial charge in [0, 0.05) is 22.2 Å². The Morgan fingerprint density at radius 1 is 1.18 bits per heavy atom. The lowest BCUT2D eigenvalue weighted by molar-refractivity contribution is -0.481. The van der Waals surface area contributed by atoms with Crippen molar-refractivity contribution >= 4 is 17.3 Å². The molecule has 2 aromatic carbocycles. The number of halogens is 1. The zero-order valence-electron chi connectivity index (χ0n) is 12.1. The molecule has 0 unspecified atom stereocenters. The second-order valence-electron chi connectivity index (χ2n) is 5.57. The second-order valence-corrected chi connectivity index (χ2v) is 6.00. The van der Waals surface area contributed by atoms with Crippen molar-refractivity contribution in [2.75, 3.05) is 18.4 Å². The van der Waals surface area contributed by atoms with Crippen molar-refractivity contribution in [1.29, 1.82) is 0 Å². The molecule has 0 saturated heterocycles. The molecule has 0 amide bonds. The van der Waals surface area contributed by atoms with Gasteiger partial charge in [-0.25, -0.2) is 0 Å². The van der Waals surface area contributed by atoms with E-state index in [1.54, 1.807) is 12.1 Å². The molecule has 1 atom stereocenters. The number of nitrogens with zero attached hydrogens (tertiary/aromatic N) is 1. The van der Waals surface area contributed by atoms with Crippen LogP contribution in [0.15, 0.2) is 42.5 Å². The minimum absolute atomic E-state index is 0.117. The Morgan fingerprint density at radius 3 is 2.64 bits per heavy atom. The summed E-state index contributed by atoms with van der Waals surface area (Å²) in [5.74, 6) is -0.250. The van der Waals surface area contributed by atoms with Gasteiger partial charge in [-0.1, -0.05) is 35.9 Å². The highest BCUT2D eigenvalue weighted by molar-refractivity contribution is 6.30. The van der Waals surface area contributed by atoms with Crippen molar-refractivity contribution in [3.05, 3.63) is 74.3 Å². The van der Waals surface area contributed by atoms with Crippen LogP contribution in [-0.4, -0.2) is 18.0 Å². The molecular weight excluding hydrogens is 300 g/mol. The van der Waals surface area contributed by atoms with Crippen molar-refractivity contribution in [2.24, 2.45) is 0 Å². The lowest BCUT2D eigenvalue weighted by Gasteiger charge is -2.21. The summed E-state index contributed by atoms with van der Waals surface area (Å²) in [7, 11) is 0. The number of rotatable bonds is 4. The maximum atomic E-state index is 11.1. The summed E-state index contributed by atoms with van der Waals surface area (Å²) in [6.45, 7) is 0.871. The minimum atomic E-state index is -0.253. The maximum Gasteiger partial charge on any atom is 0.214 e.